The maximum absolute atomic E-state index is 11.4. The Morgan fingerprint density at radius 3 is 3.00 bits per heavy atom. The minimum absolute atomic E-state index is 0.251. The molecule has 2 heterocycles. The van der Waals surface area contributed by atoms with E-state index < -0.39 is 0 Å². The van der Waals surface area contributed by atoms with E-state index in [1.807, 2.05) is 30.0 Å². The van der Waals surface area contributed by atoms with Crippen LogP contribution in [0.4, 0.5) is 11.6 Å². The number of hydrogen-bond donors (Lipinski definition) is 1. The molecule has 0 bridgehead atoms. The van der Waals surface area contributed by atoms with Gasteiger partial charge in [0.15, 0.2) is 0 Å². The quantitative estimate of drug-likeness (QED) is 0.723. The molecule has 7 nitrogen and oxygen atoms in total. The molecule has 7 heteroatoms. The standard InChI is InChI=1S/C11H17N5O2/c1-15(2)9-4-10(13-6-12-9)16-5-8(14-7-16)11(17)18-3/h4,6,8,14H,5,7H2,1-3H3. The Morgan fingerprint density at radius 1 is 1.56 bits per heavy atom. The second-order valence-electron chi connectivity index (χ2n) is 4.29. The van der Waals surface area contributed by atoms with Crippen molar-refractivity contribution >= 4 is 17.6 Å². The van der Waals surface area contributed by atoms with Gasteiger partial charge < -0.3 is 14.5 Å². The molecule has 1 fully saturated rings. The van der Waals surface area contributed by atoms with Gasteiger partial charge in [0.05, 0.1) is 13.8 Å². The van der Waals surface area contributed by atoms with Crippen molar-refractivity contribution in [2.45, 2.75) is 6.04 Å². The van der Waals surface area contributed by atoms with E-state index in [0.29, 0.717) is 13.2 Å². The van der Waals surface area contributed by atoms with Gasteiger partial charge in [-0.05, 0) is 0 Å². The van der Waals surface area contributed by atoms with Crippen LogP contribution in [0.2, 0.25) is 0 Å². The van der Waals surface area contributed by atoms with Gasteiger partial charge in [-0.2, -0.15) is 0 Å². The second kappa shape index (κ2) is 5.18. The highest BCUT2D eigenvalue weighted by Crippen LogP contribution is 2.18. The van der Waals surface area contributed by atoms with Gasteiger partial charge in [0.25, 0.3) is 0 Å². The van der Waals surface area contributed by atoms with E-state index in [0.717, 1.165) is 11.6 Å². The molecule has 0 spiro atoms. The Kier molecular flexibility index (Phi) is 3.61. The highest BCUT2D eigenvalue weighted by molar-refractivity contribution is 5.77. The van der Waals surface area contributed by atoms with Crippen molar-refractivity contribution < 1.29 is 9.53 Å². The van der Waals surface area contributed by atoms with Crippen LogP contribution < -0.4 is 15.1 Å². The minimum Gasteiger partial charge on any atom is -0.468 e. The number of carbonyl (C=O) groups excluding carboxylic acids is 1. The molecule has 0 amide bonds. The molecule has 1 saturated heterocycles. The lowest BCUT2D eigenvalue weighted by Gasteiger charge is -2.18. The first-order valence-corrected chi connectivity index (χ1v) is 5.67. The third-order valence-electron chi connectivity index (χ3n) is 2.84. The van der Waals surface area contributed by atoms with E-state index in [1.165, 1.54) is 13.4 Å². The van der Waals surface area contributed by atoms with Crippen molar-refractivity contribution in [3.63, 3.8) is 0 Å². The molecular formula is C11H17N5O2. The van der Waals surface area contributed by atoms with E-state index >= 15 is 0 Å². The van der Waals surface area contributed by atoms with Crippen LogP contribution in [-0.4, -0.2) is 56.4 Å². The largest absolute Gasteiger partial charge is 0.468 e. The third-order valence-corrected chi connectivity index (χ3v) is 2.84. The van der Waals surface area contributed by atoms with Gasteiger partial charge in [0.1, 0.15) is 24.0 Å². The third kappa shape index (κ3) is 2.51. The molecule has 0 aromatic carbocycles. The van der Waals surface area contributed by atoms with Gasteiger partial charge in [-0.1, -0.05) is 0 Å². The lowest BCUT2D eigenvalue weighted by atomic mass is 10.3. The van der Waals surface area contributed by atoms with Crippen molar-refractivity contribution in [3.05, 3.63) is 12.4 Å². The number of hydrogen-bond acceptors (Lipinski definition) is 7. The van der Waals surface area contributed by atoms with Crippen LogP contribution in [0, 0.1) is 0 Å². The molecule has 1 N–H and O–H groups in total. The molecule has 1 aromatic heterocycles. The first-order chi connectivity index (χ1) is 8.61. The Balaban J connectivity index is 2.09. The number of anilines is 2. The summed E-state index contributed by atoms with van der Waals surface area (Å²) in [5.41, 5.74) is 0. The predicted octanol–water partition coefficient (Wildman–Crippen LogP) is -0.549. The molecule has 1 aliphatic rings. The fraction of sp³-hybridized carbons (Fsp3) is 0.545. The van der Waals surface area contributed by atoms with Gasteiger partial charge in [-0.25, -0.2) is 9.97 Å². The molecule has 1 atom stereocenters. The highest BCUT2D eigenvalue weighted by atomic mass is 16.5. The van der Waals surface area contributed by atoms with Crippen LogP contribution in [0.5, 0.6) is 0 Å². The van der Waals surface area contributed by atoms with Crippen molar-refractivity contribution in [1.29, 1.82) is 0 Å². The van der Waals surface area contributed by atoms with Crippen LogP contribution in [0.25, 0.3) is 0 Å². The molecular weight excluding hydrogens is 234 g/mol. The average Bonchev–Trinajstić information content (AvgIpc) is 2.87. The monoisotopic (exact) mass is 251 g/mol. The Labute approximate surface area is 106 Å². The van der Waals surface area contributed by atoms with Gasteiger partial charge in [0.2, 0.25) is 0 Å². The van der Waals surface area contributed by atoms with Gasteiger partial charge in [-0.15, -0.1) is 0 Å². The normalized spacial score (nSPS) is 18.8. The van der Waals surface area contributed by atoms with E-state index in [1.54, 1.807) is 0 Å². The number of nitrogens with zero attached hydrogens (tertiary/aromatic N) is 4. The summed E-state index contributed by atoms with van der Waals surface area (Å²) in [4.78, 5) is 23.7. The van der Waals surface area contributed by atoms with Gasteiger partial charge in [0, 0.05) is 26.7 Å². The number of esters is 1. The summed E-state index contributed by atoms with van der Waals surface area (Å²) in [7, 11) is 5.23. The lowest BCUT2D eigenvalue weighted by molar-refractivity contribution is -0.142. The number of carbonyl (C=O) groups is 1. The SMILES string of the molecule is COC(=O)C1CN(c2cc(N(C)C)ncn2)CN1. The second-order valence-corrected chi connectivity index (χ2v) is 4.29. The zero-order chi connectivity index (χ0) is 13.1. The molecule has 1 unspecified atom stereocenters. The number of rotatable bonds is 3. The first kappa shape index (κ1) is 12.6. The average molecular weight is 251 g/mol. The lowest BCUT2D eigenvalue weighted by Crippen LogP contribution is -2.34. The number of ether oxygens (including phenoxy) is 1. The molecule has 1 aromatic rings. The van der Waals surface area contributed by atoms with E-state index in [2.05, 4.69) is 15.3 Å². The maximum atomic E-state index is 11.4. The smallest absolute Gasteiger partial charge is 0.324 e. The topological polar surface area (TPSA) is 70.6 Å². The zero-order valence-corrected chi connectivity index (χ0v) is 10.8. The highest BCUT2D eigenvalue weighted by Gasteiger charge is 2.29. The summed E-state index contributed by atoms with van der Waals surface area (Å²) >= 11 is 0. The van der Waals surface area contributed by atoms with Gasteiger partial charge >= 0.3 is 5.97 Å². The number of methoxy groups -OCH3 is 1. The Bertz CT molecular complexity index is 437. The van der Waals surface area contributed by atoms with Crippen LogP contribution >= 0.6 is 0 Å². The molecule has 1 aliphatic heterocycles. The van der Waals surface area contributed by atoms with E-state index in [-0.39, 0.29) is 12.0 Å². The molecule has 18 heavy (non-hydrogen) atoms. The van der Waals surface area contributed by atoms with E-state index in [4.69, 9.17) is 4.74 Å². The fourth-order valence-corrected chi connectivity index (χ4v) is 1.80. The van der Waals surface area contributed by atoms with Crippen LogP contribution in [0.1, 0.15) is 0 Å². The molecule has 0 saturated carbocycles. The number of nitrogens with one attached hydrogen (secondary N) is 1. The Hall–Kier alpha value is -1.89. The van der Waals surface area contributed by atoms with Crippen LogP contribution in [0.15, 0.2) is 12.4 Å². The number of aromatic nitrogens is 2. The molecule has 0 aliphatic carbocycles. The minimum atomic E-state index is -0.298. The Morgan fingerprint density at radius 2 is 2.33 bits per heavy atom. The summed E-state index contributed by atoms with van der Waals surface area (Å²) < 4.78 is 4.71. The first-order valence-electron chi connectivity index (χ1n) is 5.67. The molecule has 98 valence electrons. The summed E-state index contributed by atoms with van der Waals surface area (Å²) in [6.07, 6.45) is 1.52. The summed E-state index contributed by atoms with van der Waals surface area (Å²) in [5, 5.41) is 3.08. The summed E-state index contributed by atoms with van der Waals surface area (Å²) in [6.45, 7) is 1.13. The maximum Gasteiger partial charge on any atom is 0.324 e. The molecule has 0 radical (unpaired) electrons. The van der Waals surface area contributed by atoms with Crippen molar-refractivity contribution in [1.82, 2.24) is 15.3 Å². The summed E-state index contributed by atoms with van der Waals surface area (Å²) in [5.74, 6) is 1.38. The fourth-order valence-electron chi connectivity index (χ4n) is 1.80. The van der Waals surface area contributed by atoms with E-state index in [9.17, 15) is 4.79 Å². The zero-order valence-electron chi connectivity index (χ0n) is 10.8. The van der Waals surface area contributed by atoms with Crippen molar-refractivity contribution in [2.24, 2.45) is 0 Å². The van der Waals surface area contributed by atoms with Crippen LogP contribution in [0.3, 0.4) is 0 Å². The summed E-state index contributed by atoms with van der Waals surface area (Å²) in [6, 6.07) is 1.59. The van der Waals surface area contributed by atoms with Crippen LogP contribution in [-0.2, 0) is 9.53 Å². The van der Waals surface area contributed by atoms with Gasteiger partial charge in [-0.3, -0.25) is 10.1 Å². The van der Waals surface area contributed by atoms with Crippen molar-refractivity contribution in [2.75, 3.05) is 44.2 Å². The molecule has 2 rings (SSSR count). The van der Waals surface area contributed by atoms with Crippen molar-refractivity contribution in [3.8, 4) is 0 Å². The predicted molar refractivity (Wildman–Crippen MR) is 67.5 cm³/mol.